The molecule has 6 nitrogen and oxygen atoms in total. The zero-order valence-electron chi connectivity index (χ0n) is 17.9. The lowest BCUT2D eigenvalue weighted by Crippen LogP contribution is -2.48. The van der Waals surface area contributed by atoms with Gasteiger partial charge in [-0.05, 0) is 35.4 Å². The van der Waals surface area contributed by atoms with E-state index in [0.29, 0.717) is 38.3 Å². The first-order valence-corrected chi connectivity index (χ1v) is 12.3. The fourth-order valence-electron chi connectivity index (χ4n) is 3.84. The number of carbonyl (C=O) groups is 1. The summed E-state index contributed by atoms with van der Waals surface area (Å²) in [6.45, 7) is 2.95. The van der Waals surface area contributed by atoms with Gasteiger partial charge in [-0.1, -0.05) is 60.7 Å². The Hall–Kier alpha value is -3.00. The van der Waals surface area contributed by atoms with Crippen molar-refractivity contribution in [1.29, 1.82) is 0 Å². The molecular formula is C25H27N3O3S. The molecule has 0 bridgehead atoms. The Kier molecular flexibility index (Phi) is 6.99. The van der Waals surface area contributed by atoms with Crippen LogP contribution >= 0.6 is 0 Å². The molecule has 0 aliphatic carbocycles. The van der Waals surface area contributed by atoms with Gasteiger partial charge in [-0.2, -0.15) is 4.31 Å². The van der Waals surface area contributed by atoms with E-state index in [-0.39, 0.29) is 11.7 Å². The molecule has 7 heteroatoms. The van der Waals surface area contributed by atoms with Crippen LogP contribution in [0, 0.1) is 0 Å². The number of hydrogen-bond donors (Lipinski definition) is 1. The minimum Gasteiger partial charge on any atom is -0.322 e. The predicted octanol–water partition coefficient (Wildman–Crippen LogP) is 3.59. The first-order chi connectivity index (χ1) is 15.5. The first-order valence-electron chi connectivity index (χ1n) is 10.7. The summed E-state index contributed by atoms with van der Waals surface area (Å²) in [5, 5.41) is 2.91. The van der Waals surface area contributed by atoms with Crippen molar-refractivity contribution in [3.8, 4) is 0 Å². The Labute approximate surface area is 189 Å². The van der Waals surface area contributed by atoms with Crippen molar-refractivity contribution in [1.82, 2.24) is 9.21 Å². The molecule has 0 spiro atoms. The second kappa shape index (κ2) is 10.1. The molecule has 0 radical (unpaired) electrons. The van der Waals surface area contributed by atoms with Crippen molar-refractivity contribution >= 4 is 21.6 Å². The third kappa shape index (κ3) is 5.82. The Morgan fingerprint density at radius 1 is 0.781 bits per heavy atom. The molecule has 4 rings (SSSR count). The molecule has 1 fully saturated rings. The molecule has 32 heavy (non-hydrogen) atoms. The van der Waals surface area contributed by atoms with Gasteiger partial charge in [0.05, 0.1) is 5.75 Å². The van der Waals surface area contributed by atoms with E-state index >= 15 is 0 Å². The van der Waals surface area contributed by atoms with Gasteiger partial charge in [-0.3, -0.25) is 9.69 Å². The summed E-state index contributed by atoms with van der Waals surface area (Å²) in [5.74, 6) is -0.109. The smallest absolute Gasteiger partial charge is 0.255 e. The number of nitrogens with one attached hydrogen (secondary N) is 1. The lowest BCUT2D eigenvalue weighted by Gasteiger charge is -2.34. The van der Waals surface area contributed by atoms with Crippen LogP contribution in [0.25, 0.3) is 0 Å². The highest BCUT2D eigenvalue weighted by atomic mass is 32.2. The molecule has 166 valence electrons. The van der Waals surface area contributed by atoms with Crippen LogP contribution in [-0.2, 0) is 22.3 Å². The van der Waals surface area contributed by atoms with Crippen LogP contribution < -0.4 is 5.32 Å². The average Bonchev–Trinajstić information content (AvgIpc) is 2.81. The second-order valence-electron chi connectivity index (χ2n) is 7.94. The SMILES string of the molecule is O=C(Nc1ccccc1)c1cccc(CN2CCN(S(=O)(=O)Cc3ccccc3)CC2)c1. The second-order valence-corrected chi connectivity index (χ2v) is 9.91. The van der Waals surface area contributed by atoms with Crippen molar-refractivity contribution in [2.45, 2.75) is 12.3 Å². The van der Waals surface area contributed by atoms with Crippen molar-refractivity contribution in [3.05, 3.63) is 102 Å². The number of carbonyl (C=O) groups excluding carboxylic acids is 1. The maximum absolute atomic E-state index is 12.8. The summed E-state index contributed by atoms with van der Waals surface area (Å²) in [4.78, 5) is 14.8. The first kappa shape index (κ1) is 22.2. The largest absolute Gasteiger partial charge is 0.322 e. The zero-order valence-corrected chi connectivity index (χ0v) is 18.7. The Morgan fingerprint density at radius 2 is 1.41 bits per heavy atom. The molecule has 0 saturated carbocycles. The quantitative estimate of drug-likeness (QED) is 0.599. The molecule has 3 aromatic rings. The summed E-state index contributed by atoms with van der Waals surface area (Å²) in [6, 6.07) is 26.2. The van der Waals surface area contributed by atoms with Crippen molar-refractivity contribution < 1.29 is 13.2 Å². The third-order valence-corrected chi connectivity index (χ3v) is 7.39. The van der Waals surface area contributed by atoms with Crippen LogP contribution in [0.2, 0.25) is 0 Å². The molecule has 1 heterocycles. The maximum atomic E-state index is 12.8. The number of nitrogens with zero attached hydrogens (tertiary/aromatic N) is 2. The van der Waals surface area contributed by atoms with Crippen LogP contribution in [0.1, 0.15) is 21.5 Å². The molecule has 0 aromatic heterocycles. The lowest BCUT2D eigenvalue weighted by molar-refractivity contribution is 0.102. The number of anilines is 1. The van der Waals surface area contributed by atoms with Gasteiger partial charge in [-0.15, -0.1) is 0 Å². The lowest BCUT2D eigenvalue weighted by atomic mass is 10.1. The van der Waals surface area contributed by atoms with E-state index in [1.54, 1.807) is 10.4 Å². The van der Waals surface area contributed by atoms with Crippen molar-refractivity contribution in [3.63, 3.8) is 0 Å². The van der Waals surface area contributed by atoms with Gasteiger partial charge in [-0.25, -0.2) is 8.42 Å². The number of amides is 1. The van der Waals surface area contributed by atoms with E-state index in [1.165, 1.54) is 0 Å². The van der Waals surface area contributed by atoms with E-state index in [4.69, 9.17) is 0 Å². The van der Waals surface area contributed by atoms with Crippen LogP contribution in [0.15, 0.2) is 84.9 Å². The number of piperazine rings is 1. The highest BCUT2D eigenvalue weighted by Crippen LogP contribution is 2.16. The molecule has 1 N–H and O–H groups in total. The molecule has 1 saturated heterocycles. The normalized spacial score (nSPS) is 15.4. The van der Waals surface area contributed by atoms with Gasteiger partial charge < -0.3 is 5.32 Å². The van der Waals surface area contributed by atoms with Crippen LogP contribution in [-0.4, -0.2) is 49.7 Å². The van der Waals surface area contributed by atoms with E-state index < -0.39 is 10.0 Å². The summed E-state index contributed by atoms with van der Waals surface area (Å²) in [5.41, 5.74) is 3.21. The predicted molar refractivity (Wildman–Crippen MR) is 127 cm³/mol. The maximum Gasteiger partial charge on any atom is 0.255 e. The Balaban J connectivity index is 1.32. The standard InChI is InChI=1S/C25H27N3O3S/c29-25(26-24-12-5-2-6-13-24)23-11-7-10-22(18-23)19-27-14-16-28(17-15-27)32(30,31)20-21-8-3-1-4-9-21/h1-13,18H,14-17,19-20H2,(H,26,29). The van der Waals surface area contributed by atoms with Crippen LogP contribution in [0.3, 0.4) is 0 Å². The highest BCUT2D eigenvalue weighted by Gasteiger charge is 2.27. The van der Waals surface area contributed by atoms with Crippen LogP contribution in [0.5, 0.6) is 0 Å². The summed E-state index contributed by atoms with van der Waals surface area (Å²) < 4.78 is 27.1. The molecule has 3 aromatic carbocycles. The van der Waals surface area contributed by atoms with Gasteiger partial charge in [0.15, 0.2) is 0 Å². The topological polar surface area (TPSA) is 69.7 Å². The highest BCUT2D eigenvalue weighted by molar-refractivity contribution is 7.88. The van der Waals surface area contributed by atoms with Gasteiger partial charge in [0, 0.05) is 44.0 Å². The number of sulfonamides is 1. The average molecular weight is 450 g/mol. The minimum atomic E-state index is -3.33. The molecule has 1 aliphatic rings. The molecule has 0 unspecified atom stereocenters. The third-order valence-electron chi connectivity index (χ3n) is 5.54. The fourth-order valence-corrected chi connectivity index (χ4v) is 5.35. The van der Waals surface area contributed by atoms with Gasteiger partial charge >= 0.3 is 0 Å². The molecule has 1 amide bonds. The Bertz CT molecular complexity index is 1140. The van der Waals surface area contributed by atoms with Crippen molar-refractivity contribution in [2.75, 3.05) is 31.5 Å². The summed E-state index contributed by atoms with van der Waals surface area (Å²) >= 11 is 0. The van der Waals surface area contributed by atoms with E-state index in [9.17, 15) is 13.2 Å². The molecular weight excluding hydrogens is 422 g/mol. The monoisotopic (exact) mass is 449 g/mol. The minimum absolute atomic E-state index is 0.0341. The van der Waals surface area contributed by atoms with Crippen LogP contribution in [0.4, 0.5) is 5.69 Å². The van der Waals surface area contributed by atoms with E-state index in [2.05, 4.69) is 10.2 Å². The summed E-state index contributed by atoms with van der Waals surface area (Å²) in [6.07, 6.45) is 0. The van der Waals surface area contributed by atoms with Gasteiger partial charge in [0.2, 0.25) is 10.0 Å². The number of hydrogen-bond acceptors (Lipinski definition) is 4. The van der Waals surface area contributed by atoms with E-state index in [1.807, 2.05) is 78.9 Å². The summed E-state index contributed by atoms with van der Waals surface area (Å²) in [7, 11) is -3.33. The van der Waals surface area contributed by atoms with Gasteiger partial charge in [0.25, 0.3) is 5.91 Å². The Morgan fingerprint density at radius 3 is 2.09 bits per heavy atom. The van der Waals surface area contributed by atoms with Crippen molar-refractivity contribution in [2.24, 2.45) is 0 Å². The fraction of sp³-hybridized carbons (Fsp3) is 0.240. The number of benzene rings is 3. The van der Waals surface area contributed by atoms with E-state index in [0.717, 1.165) is 16.8 Å². The molecule has 1 aliphatic heterocycles. The van der Waals surface area contributed by atoms with Gasteiger partial charge in [0.1, 0.15) is 0 Å². The number of para-hydroxylation sites is 1. The molecule has 0 atom stereocenters. The zero-order chi connectivity index (χ0) is 22.4. The number of rotatable bonds is 7.